The molecule has 0 radical (unpaired) electrons. The van der Waals surface area contributed by atoms with Crippen LogP contribution in [0.5, 0.6) is 11.5 Å². The normalized spacial score (nSPS) is 10.6. The molecule has 0 atom stereocenters. The van der Waals surface area contributed by atoms with E-state index in [1.165, 1.54) is 4.57 Å². The maximum atomic E-state index is 11.9. The van der Waals surface area contributed by atoms with Crippen molar-refractivity contribution < 1.29 is 28.2 Å². The number of fused-ring (bicyclic) bond motifs is 1. The monoisotopic (exact) mass is 428 g/mol. The molecule has 0 aliphatic rings. The zero-order chi connectivity index (χ0) is 22.1. The van der Waals surface area contributed by atoms with E-state index in [0.29, 0.717) is 23.5 Å². The Morgan fingerprint density at radius 3 is 2.48 bits per heavy atom. The first-order valence-electron chi connectivity index (χ1n) is 9.93. The number of oxazole rings is 1. The molecular weight excluding hydrogens is 404 g/mol. The van der Waals surface area contributed by atoms with Gasteiger partial charge in [0, 0.05) is 6.54 Å². The number of para-hydroxylation sites is 2. The van der Waals surface area contributed by atoms with Crippen molar-refractivity contribution >= 4 is 23.0 Å². The van der Waals surface area contributed by atoms with Crippen LogP contribution in [0, 0.1) is 0 Å². The molecule has 3 rings (SSSR count). The molecule has 1 N–H and O–H groups in total. The highest BCUT2D eigenvalue weighted by Crippen LogP contribution is 2.17. The lowest BCUT2D eigenvalue weighted by molar-refractivity contribution is -0.148. The van der Waals surface area contributed by atoms with Gasteiger partial charge >= 0.3 is 11.7 Å². The number of hydrogen-bond donors (Lipinski definition) is 1. The van der Waals surface area contributed by atoms with E-state index in [4.69, 9.17) is 18.6 Å². The van der Waals surface area contributed by atoms with Crippen molar-refractivity contribution in [2.45, 2.75) is 19.9 Å². The standard InChI is InChI=1S/C22H24N2O7/c1-2-28-16-7-9-17(10-8-16)29-14-12-23-20(25)15-30-21(26)11-13-24-18-5-3-4-6-19(18)31-22(24)27/h3-10H,2,11-15H2,1H3,(H,23,25). The van der Waals surface area contributed by atoms with Gasteiger partial charge in [0.15, 0.2) is 12.2 Å². The highest BCUT2D eigenvalue weighted by atomic mass is 16.5. The SMILES string of the molecule is CCOc1ccc(OCCNC(=O)COC(=O)CCn2c(=O)oc3ccccc32)cc1. The summed E-state index contributed by atoms with van der Waals surface area (Å²) in [6.07, 6.45) is -0.0580. The highest BCUT2D eigenvalue weighted by molar-refractivity contribution is 5.80. The van der Waals surface area contributed by atoms with E-state index >= 15 is 0 Å². The lowest BCUT2D eigenvalue weighted by atomic mass is 10.3. The minimum Gasteiger partial charge on any atom is -0.494 e. The first-order chi connectivity index (χ1) is 15.1. The van der Waals surface area contributed by atoms with E-state index in [0.717, 1.165) is 5.75 Å². The minimum absolute atomic E-state index is 0.0580. The van der Waals surface area contributed by atoms with Crippen LogP contribution in [-0.4, -0.2) is 42.8 Å². The average molecular weight is 428 g/mol. The van der Waals surface area contributed by atoms with Gasteiger partial charge in [-0.2, -0.15) is 0 Å². The van der Waals surface area contributed by atoms with E-state index in [2.05, 4.69) is 5.32 Å². The van der Waals surface area contributed by atoms with Gasteiger partial charge < -0.3 is 23.9 Å². The Morgan fingerprint density at radius 2 is 1.74 bits per heavy atom. The van der Waals surface area contributed by atoms with Crippen LogP contribution in [0.3, 0.4) is 0 Å². The Labute approximate surface area is 178 Å². The van der Waals surface area contributed by atoms with E-state index in [9.17, 15) is 14.4 Å². The van der Waals surface area contributed by atoms with Crippen LogP contribution in [0.1, 0.15) is 13.3 Å². The Bertz CT molecular complexity index is 1070. The lowest BCUT2D eigenvalue weighted by Gasteiger charge is -2.09. The summed E-state index contributed by atoms with van der Waals surface area (Å²) in [6, 6.07) is 14.1. The number of aryl methyl sites for hydroxylation is 1. The zero-order valence-electron chi connectivity index (χ0n) is 17.2. The number of amides is 1. The topological polar surface area (TPSA) is 109 Å². The Morgan fingerprint density at radius 1 is 1.03 bits per heavy atom. The fourth-order valence-corrected chi connectivity index (χ4v) is 2.86. The summed E-state index contributed by atoms with van der Waals surface area (Å²) < 4.78 is 22.3. The molecule has 1 aromatic heterocycles. The third-order valence-corrected chi connectivity index (χ3v) is 4.31. The molecule has 0 saturated heterocycles. The van der Waals surface area contributed by atoms with Crippen LogP contribution in [0.15, 0.2) is 57.7 Å². The maximum absolute atomic E-state index is 11.9. The van der Waals surface area contributed by atoms with Crippen LogP contribution in [0.2, 0.25) is 0 Å². The van der Waals surface area contributed by atoms with Gasteiger partial charge in [0.05, 0.1) is 25.1 Å². The number of rotatable bonds is 11. The quantitative estimate of drug-likeness (QED) is 0.368. The average Bonchev–Trinajstić information content (AvgIpc) is 3.10. The Kier molecular flexibility index (Phi) is 7.69. The van der Waals surface area contributed by atoms with Gasteiger partial charge in [0.25, 0.3) is 5.91 Å². The van der Waals surface area contributed by atoms with Crippen LogP contribution < -0.4 is 20.5 Å². The fourth-order valence-electron chi connectivity index (χ4n) is 2.86. The summed E-state index contributed by atoms with van der Waals surface area (Å²) >= 11 is 0. The molecule has 1 amide bonds. The summed E-state index contributed by atoms with van der Waals surface area (Å²) in [5, 5.41) is 2.61. The largest absolute Gasteiger partial charge is 0.494 e. The van der Waals surface area contributed by atoms with Crippen molar-refractivity contribution in [3.8, 4) is 11.5 Å². The molecule has 0 spiro atoms. The van der Waals surface area contributed by atoms with Crippen molar-refractivity contribution in [1.29, 1.82) is 0 Å². The number of aromatic nitrogens is 1. The van der Waals surface area contributed by atoms with Gasteiger partial charge in [-0.25, -0.2) is 4.79 Å². The number of esters is 1. The summed E-state index contributed by atoms with van der Waals surface area (Å²) in [5.41, 5.74) is 1.05. The highest BCUT2D eigenvalue weighted by Gasteiger charge is 2.12. The van der Waals surface area contributed by atoms with Gasteiger partial charge in [-0.05, 0) is 43.3 Å². The number of hydrogen-bond acceptors (Lipinski definition) is 7. The molecule has 0 saturated carbocycles. The summed E-state index contributed by atoms with van der Waals surface area (Å²) in [7, 11) is 0. The van der Waals surface area contributed by atoms with Crippen molar-refractivity contribution in [2.24, 2.45) is 0 Å². The molecule has 31 heavy (non-hydrogen) atoms. The van der Waals surface area contributed by atoms with E-state index < -0.39 is 24.2 Å². The second-order valence-electron chi connectivity index (χ2n) is 6.50. The molecule has 0 bridgehead atoms. The van der Waals surface area contributed by atoms with Crippen molar-refractivity contribution in [2.75, 3.05) is 26.4 Å². The molecule has 9 nitrogen and oxygen atoms in total. The fraction of sp³-hybridized carbons (Fsp3) is 0.318. The molecule has 0 aliphatic heterocycles. The molecule has 9 heteroatoms. The van der Waals surface area contributed by atoms with Gasteiger partial charge in [0.1, 0.15) is 18.1 Å². The van der Waals surface area contributed by atoms with Gasteiger partial charge in [-0.3, -0.25) is 14.2 Å². The molecule has 1 heterocycles. The first-order valence-corrected chi connectivity index (χ1v) is 9.93. The second-order valence-corrected chi connectivity index (χ2v) is 6.50. The van der Waals surface area contributed by atoms with Crippen molar-refractivity contribution in [1.82, 2.24) is 9.88 Å². The van der Waals surface area contributed by atoms with Crippen LogP contribution >= 0.6 is 0 Å². The number of benzene rings is 2. The zero-order valence-corrected chi connectivity index (χ0v) is 17.2. The second kappa shape index (κ2) is 10.9. The third-order valence-electron chi connectivity index (χ3n) is 4.31. The van der Waals surface area contributed by atoms with Gasteiger partial charge in [0.2, 0.25) is 0 Å². The Balaban J connectivity index is 1.32. The lowest BCUT2D eigenvalue weighted by Crippen LogP contribution is -2.32. The molecule has 0 unspecified atom stereocenters. The van der Waals surface area contributed by atoms with Crippen molar-refractivity contribution in [3.63, 3.8) is 0 Å². The predicted molar refractivity (Wildman–Crippen MR) is 112 cm³/mol. The van der Waals surface area contributed by atoms with E-state index in [-0.39, 0.29) is 26.1 Å². The van der Waals surface area contributed by atoms with Crippen LogP contribution in [0.4, 0.5) is 0 Å². The molecular formula is C22H24N2O7. The van der Waals surface area contributed by atoms with Crippen LogP contribution in [0.25, 0.3) is 11.1 Å². The number of carbonyl (C=O) groups excluding carboxylic acids is 2. The third kappa shape index (κ3) is 6.36. The minimum atomic E-state index is -0.585. The maximum Gasteiger partial charge on any atom is 0.419 e. The number of ether oxygens (including phenoxy) is 3. The molecule has 164 valence electrons. The van der Waals surface area contributed by atoms with Crippen LogP contribution in [-0.2, 0) is 20.9 Å². The number of nitrogens with zero attached hydrogens (tertiary/aromatic N) is 1. The summed E-state index contributed by atoms with van der Waals surface area (Å²) in [6.45, 7) is 2.74. The summed E-state index contributed by atoms with van der Waals surface area (Å²) in [5.74, 6) is -0.145. The van der Waals surface area contributed by atoms with E-state index in [1.807, 2.05) is 6.92 Å². The number of carbonyl (C=O) groups is 2. The summed E-state index contributed by atoms with van der Waals surface area (Å²) in [4.78, 5) is 35.6. The predicted octanol–water partition coefficient (Wildman–Crippen LogP) is 2.12. The van der Waals surface area contributed by atoms with Gasteiger partial charge in [-0.1, -0.05) is 12.1 Å². The Hall–Kier alpha value is -3.75. The smallest absolute Gasteiger partial charge is 0.419 e. The number of nitrogens with one attached hydrogen (secondary N) is 1. The molecule has 0 aliphatic carbocycles. The molecule has 2 aromatic carbocycles. The molecule has 0 fully saturated rings. The van der Waals surface area contributed by atoms with Crippen molar-refractivity contribution in [3.05, 3.63) is 59.1 Å². The van der Waals surface area contributed by atoms with E-state index in [1.54, 1.807) is 48.5 Å². The van der Waals surface area contributed by atoms with Gasteiger partial charge in [-0.15, -0.1) is 0 Å². The first kappa shape index (κ1) is 21.9. The molecule has 3 aromatic rings.